The molecule has 0 spiro atoms. The molecule has 5 heteroatoms. The summed E-state index contributed by atoms with van der Waals surface area (Å²) in [7, 11) is 0. The molecular weight excluding hydrogens is 252 g/mol. The lowest BCUT2D eigenvalue weighted by Gasteiger charge is -2.30. The second-order valence-corrected chi connectivity index (χ2v) is 6.14. The molecule has 1 atom stereocenters. The molecule has 1 saturated heterocycles. The zero-order valence-corrected chi connectivity index (χ0v) is 12.5. The van der Waals surface area contributed by atoms with E-state index in [0.29, 0.717) is 5.92 Å². The van der Waals surface area contributed by atoms with Crippen LogP contribution >= 0.6 is 0 Å². The molecule has 3 rings (SSSR count). The van der Waals surface area contributed by atoms with E-state index in [9.17, 15) is 0 Å². The average Bonchev–Trinajstić information content (AvgIpc) is 2.83. The molecule has 112 valence electrons. The van der Waals surface area contributed by atoms with Gasteiger partial charge in [-0.1, -0.05) is 30.8 Å². The van der Waals surface area contributed by atoms with Crippen LogP contribution in [0.1, 0.15) is 69.1 Å². The van der Waals surface area contributed by atoms with Crippen LogP contribution in [0.2, 0.25) is 0 Å². The normalized spacial score (nSPS) is 24.4. The summed E-state index contributed by atoms with van der Waals surface area (Å²) in [5.74, 6) is 2.26. The summed E-state index contributed by atoms with van der Waals surface area (Å²) in [6.07, 6.45) is 7.78. The van der Waals surface area contributed by atoms with E-state index >= 15 is 0 Å². The van der Waals surface area contributed by atoms with Gasteiger partial charge in [-0.05, 0) is 19.8 Å². The first-order chi connectivity index (χ1) is 9.84. The van der Waals surface area contributed by atoms with E-state index < -0.39 is 0 Å². The molecule has 1 aromatic rings. The van der Waals surface area contributed by atoms with E-state index in [4.69, 9.17) is 9.51 Å². The summed E-state index contributed by atoms with van der Waals surface area (Å²) in [6, 6.07) is 0.240. The lowest BCUT2D eigenvalue weighted by atomic mass is 10.00. The maximum atomic E-state index is 5.55. The van der Waals surface area contributed by atoms with Crippen molar-refractivity contribution in [2.24, 2.45) is 0 Å². The molecule has 5 nitrogen and oxygen atoms in total. The number of rotatable bonds is 3. The third-order valence-corrected chi connectivity index (χ3v) is 4.73. The van der Waals surface area contributed by atoms with E-state index in [0.717, 1.165) is 37.9 Å². The number of hydrogen-bond donors (Lipinski definition) is 1. The highest BCUT2D eigenvalue weighted by molar-refractivity contribution is 4.99. The molecular formula is C15H26N4O. The van der Waals surface area contributed by atoms with Crippen molar-refractivity contribution < 1.29 is 4.52 Å². The van der Waals surface area contributed by atoms with Crippen LogP contribution in [-0.2, 0) is 0 Å². The van der Waals surface area contributed by atoms with E-state index in [2.05, 4.69) is 22.3 Å². The van der Waals surface area contributed by atoms with Crippen molar-refractivity contribution in [3.05, 3.63) is 11.7 Å². The minimum absolute atomic E-state index is 0.240. The minimum atomic E-state index is 0.240. The van der Waals surface area contributed by atoms with Gasteiger partial charge >= 0.3 is 0 Å². The first-order valence-electron chi connectivity index (χ1n) is 8.13. The Bertz CT molecular complexity index is 406. The highest BCUT2D eigenvalue weighted by Gasteiger charge is 2.25. The third-order valence-electron chi connectivity index (χ3n) is 4.73. The number of aromatic nitrogens is 2. The first kappa shape index (κ1) is 14.0. The van der Waals surface area contributed by atoms with Crippen molar-refractivity contribution in [2.45, 2.75) is 57.4 Å². The predicted octanol–water partition coefficient (Wildman–Crippen LogP) is 2.47. The SMILES string of the molecule is CC(c1nc(C2CCCCCC2)no1)N1CCNCC1. The molecule has 2 aliphatic rings. The van der Waals surface area contributed by atoms with Crippen molar-refractivity contribution in [2.75, 3.05) is 26.2 Å². The standard InChI is InChI=1S/C15H26N4O/c1-12(19-10-8-16-9-11-19)15-17-14(18-20-15)13-6-4-2-3-5-7-13/h12-13,16H,2-11H2,1H3. The maximum absolute atomic E-state index is 5.55. The monoisotopic (exact) mass is 278 g/mol. The summed E-state index contributed by atoms with van der Waals surface area (Å²) in [4.78, 5) is 7.13. The third kappa shape index (κ3) is 3.20. The number of nitrogens with zero attached hydrogens (tertiary/aromatic N) is 3. The highest BCUT2D eigenvalue weighted by Crippen LogP contribution is 2.31. The van der Waals surface area contributed by atoms with Crippen molar-refractivity contribution in [3.8, 4) is 0 Å². The number of nitrogens with one attached hydrogen (secondary N) is 1. The zero-order valence-electron chi connectivity index (χ0n) is 12.5. The van der Waals surface area contributed by atoms with Crippen LogP contribution in [0, 0.1) is 0 Å². The van der Waals surface area contributed by atoms with Crippen LogP contribution in [0.15, 0.2) is 4.52 Å². The Balaban J connectivity index is 1.65. The van der Waals surface area contributed by atoms with E-state index in [1.165, 1.54) is 38.5 Å². The van der Waals surface area contributed by atoms with Gasteiger partial charge in [0.2, 0.25) is 5.89 Å². The van der Waals surface area contributed by atoms with Gasteiger partial charge in [-0.25, -0.2) is 0 Å². The van der Waals surface area contributed by atoms with Crippen LogP contribution in [0.25, 0.3) is 0 Å². The highest BCUT2D eigenvalue weighted by atomic mass is 16.5. The summed E-state index contributed by atoms with van der Waals surface area (Å²) in [5, 5.41) is 7.65. The molecule has 0 amide bonds. The summed E-state index contributed by atoms with van der Waals surface area (Å²) >= 11 is 0. The Labute approximate surface area is 121 Å². The summed E-state index contributed by atoms with van der Waals surface area (Å²) in [6.45, 7) is 6.39. The minimum Gasteiger partial charge on any atom is -0.338 e. The molecule has 0 radical (unpaired) electrons. The van der Waals surface area contributed by atoms with Gasteiger partial charge in [-0.3, -0.25) is 4.90 Å². The molecule has 0 bridgehead atoms. The maximum Gasteiger partial charge on any atom is 0.243 e. The number of piperazine rings is 1. The molecule has 1 aliphatic carbocycles. The molecule has 0 aromatic carbocycles. The van der Waals surface area contributed by atoms with Gasteiger partial charge in [-0.2, -0.15) is 4.98 Å². The topological polar surface area (TPSA) is 54.2 Å². The van der Waals surface area contributed by atoms with Gasteiger partial charge < -0.3 is 9.84 Å². The molecule has 1 aliphatic heterocycles. The molecule has 20 heavy (non-hydrogen) atoms. The van der Waals surface area contributed by atoms with E-state index in [1.807, 2.05) is 0 Å². The van der Waals surface area contributed by atoms with Crippen LogP contribution in [0.4, 0.5) is 0 Å². The lowest BCUT2D eigenvalue weighted by Crippen LogP contribution is -2.44. The Kier molecular flexibility index (Phi) is 4.68. The number of hydrogen-bond acceptors (Lipinski definition) is 5. The molecule has 1 unspecified atom stereocenters. The molecule has 2 heterocycles. The average molecular weight is 278 g/mol. The van der Waals surface area contributed by atoms with Gasteiger partial charge in [0.25, 0.3) is 0 Å². The fourth-order valence-electron chi connectivity index (χ4n) is 3.35. The van der Waals surface area contributed by atoms with Crippen molar-refractivity contribution in [3.63, 3.8) is 0 Å². The van der Waals surface area contributed by atoms with E-state index in [1.54, 1.807) is 0 Å². The fraction of sp³-hybridized carbons (Fsp3) is 0.867. The Hall–Kier alpha value is -0.940. The largest absolute Gasteiger partial charge is 0.338 e. The van der Waals surface area contributed by atoms with Gasteiger partial charge in [0.05, 0.1) is 6.04 Å². The van der Waals surface area contributed by atoms with E-state index in [-0.39, 0.29) is 6.04 Å². The molecule has 1 N–H and O–H groups in total. The van der Waals surface area contributed by atoms with Crippen LogP contribution < -0.4 is 5.32 Å². The van der Waals surface area contributed by atoms with Gasteiger partial charge in [0.15, 0.2) is 5.82 Å². The van der Waals surface area contributed by atoms with Crippen LogP contribution in [0.5, 0.6) is 0 Å². The zero-order chi connectivity index (χ0) is 13.8. The fourth-order valence-corrected chi connectivity index (χ4v) is 3.35. The molecule has 1 saturated carbocycles. The molecule has 1 aromatic heterocycles. The molecule has 2 fully saturated rings. The quantitative estimate of drug-likeness (QED) is 0.861. The van der Waals surface area contributed by atoms with Crippen molar-refractivity contribution in [1.82, 2.24) is 20.4 Å². The summed E-state index contributed by atoms with van der Waals surface area (Å²) < 4.78 is 5.55. The second-order valence-electron chi connectivity index (χ2n) is 6.14. The lowest BCUT2D eigenvalue weighted by molar-refractivity contribution is 0.154. The van der Waals surface area contributed by atoms with Crippen molar-refractivity contribution >= 4 is 0 Å². The predicted molar refractivity (Wildman–Crippen MR) is 77.6 cm³/mol. The van der Waals surface area contributed by atoms with Gasteiger partial charge in [0.1, 0.15) is 0 Å². The van der Waals surface area contributed by atoms with Gasteiger partial charge in [0, 0.05) is 32.1 Å². The second kappa shape index (κ2) is 6.68. The van der Waals surface area contributed by atoms with Crippen LogP contribution in [-0.4, -0.2) is 41.2 Å². The Morgan fingerprint density at radius 3 is 2.55 bits per heavy atom. The smallest absolute Gasteiger partial charge is 0.243 e. The van der Waals surface area contributed by atoms with Crippen LogP contribution in [0.3, 0.4) is 0 Å². The Morgan fingerprint density at radius 2 is 1.85 bits per heavy atom. The van der Waals surface area contributed by atoms with Crippen molar-refractivity contribution in [1.29, 1.82) is 0 Å². The Morgan fingerprint density at radius 1 is 1.15 bits per heavy atom. The first-order valence-corrected chi connectivity index (χ1v) is 8.13. The van der Waals surface area contributed by atoms with Gasteiger partial charge in [-0.15, -0.1) is 0 Å². The summed E-state index contributed by atoms with van der Waals surface area (Å²) in [5.41, 5.74) is 0.